The summed E-state index contributed by atoms with van der Waals surface area (Å²) < 4.78 is 10.0. The SMILES string of the molecule is COCOc1ccc(C(C)N)cc1. The van der Waals surface area contributed by atoms with E-state index < -0.39 is 0 Å². The van der Waals surface area contributed by atoms with Crippen LogP contribution < -0.4 is 10.5 Å². The van der Waals surface area contributed by atoms with Crippen molar-refractivity contribution in [1.29, 1.82) is 0 Å². The Bertz CT molecular complexity index is 244. The summed E-state index contributed by atoms with van der Waals surface area (Å²) in [5.41, 5.74) is 6.80. The van der Waals surface area contributed by atoms with E-state index in [4.69, 9.17) is 15.2 Å². The molecule has 0 aromatic heterocycles. The van der Waals surface area contributed by atoms with Crippen LogP contribution in [0.5, 0.6) is 5.75 Å². The summed E-state index contributed by atoms with van der Waals surface area (Å²) in [6, 6.07) is 7.75. The van der Waals surface area contributed by atoms with Gasteiger partial charge < -0.3 is 15.2 Å². The van der Waals surface area contributed by atoms with Crippen LogP contribution in [0.4, 0.5) is 0 Å². The maximum atomic E-state index is 5.70. The van der Waals surface area contributed by atoms with Crippen LogP contribution in [0, 0.1) is 0 Å². The predicted octanol–water partition coefficient (Wildman–Crippen LogP) is 1.69. The van der Waals surface area contributed by atoms with Gasteiger partial charge in [0.2, 0.25) is 0 Å². The number of benzene rings is 1. The average molecular weight is 181 g/mol. The summed E-state index contributed by atoms with van der Waals surface area (Å²) in [6.07, 6.45) is 0. The Morgan fingerprint density at radius 1 is 1.31 bits per heavy atom. The minimum Gasteiger partial charge on any atom is -0.468 e. The van der Waals surface area contributed by atoms with Gasteiger partial charge in [-0.2, -0.15) is 0 Å². The van der Waals surface area contributed by atoms with Gasteiger partial charge in [0.05, 0.1) is 0 Å². The zero-order valence-electron chi connectivity index (χ0n) is 7.99. The van der Waals surface area contributed by atoms with E-state index >= 15 is 0 Å². The van der Waals surface area contributed by atoms with Crippen LogP contribution in [0.1, 0.15) is 18.5 Å². The van der Waals surface area contributed by atoms with Crippen LogP contribution in [0.2, 0.25) is 0 Å². The Morgan fingerprint density at radius 2 is 1.92 bits per heavy atom. The molecule has 0 heterocycles. The Hall–Kier alpha value is -1.06. The number of nitrogens with two attached hydrogens (primary N) is 1. The second-order valence-corrected chi connectivity index (χ2v) is 2.91. The van der Waals surface area contributed by atoms with Crippen molar-refractivity contribution in [3.8, 4) is 5.75 Å². The monoisotopic (exact) mass is 181 g/mol. The number of rotatable bonds is 4. The zero-order valence-corrected chi connectivity index (χ0v) is 7.99. The summed E-state index contributed by atoms with van der Waals surface area (Å²) in [5, 5.41) is 0. The molecule has 0 saturated heterocycles. The van der Waals surface area contributed by atoms with Crippen LogP contribution in [-0.4, -0.2) is 13.9 Å². The Balaban J connectivity index is 2.59. The largest absolute Gasteiger partial charge is 0.468 e. The lowest BCUT2D eigenvalue weighted by Crippen LogP contribution is -2.04. The molecule has 3 heteroatoms. The van der Waals surface area contributed by atoms with Crippen molar-refractivity contribution in [2.75, 3.05) is 13.9 Å². The average Bonchev–Trinajstić information content (AvgIpc) is 2.15. The minimum absolute atomic E-state index is 0.0662. The van der Waals surface area contributed by atoms with Gasteiger partial charge in [0, 0.05) is 13.2 Å². The molecular formula is C10H15NO2. The normalized spacial score (nSPS) is 12.5. The maximum Gasteiger partial charge on any atom is 0.188 e. The molecule has 0 aliphatic heterocycles. The van der Waals surface area contributed by atoms with Crippen molar-refractivity contribution >= 4 is 0 Å². The molecule has 0 aliphatic rings. The highest BCUT2D eigenvalue weighted by Gasteiger charge is 1.98. The number of hydrogen-bond acceptors (Lipinski definition) is 3. The van der Waals surface area contributed by atoms with Gasteiger partial charge in [-0.25, -0.2) is 0 Å². The summed E-state index contributed by atoms with van der Waals surface area (Å²) in [5.74, 6) is 0.797. The van der Waals surface area contributed by atoms with Crippen LogP contribution in [0.15, 0.2) is 24.3 Å². The molecule has 0 bridgehead atoms. The molecule has 0 fully saturated rings. The molecule has 1 aromatic rings. The second-order valence-electron chi connectivity index (χ2n) is 2.91. The smallest absolute Gasteiger partial charge is 0.188 e. The lowest BCUT2D eigenvalue weighted by atomic mass is 10.1. The Morgan fingerprint density at radius 3 is 2.38 bits per heavy atom. The van der Waals surface area contributed by atoms with Crippen LogP contribution in [0.25, 0.3) is 0 Å². The van der Waals surface area contributed by atoms with Crippen molar-refractivity contribution in [3.63, 3.8) is 0 Å². The van der Waals surface area contributed by atoms with E-state index in [0.717, 1.165) is 11.3 Å². The molecule has 0 radical (unpaired) electrons. The van der Waals surface area contributed by atoms with Crippen molar-refractivity contribution in [2.45, 2.75) is 13.0 Å². The number of hydrogen-bond donors (Lipinski definition) is 1. The third kappa shape index (κ3) is 3.05. The zero-order chi connectivity index (χ0) is 9.68. The lowest BCUT2D eigenvalue weighted by Gasteiger charge is -2.07. The van der Waals surface area contributed by atoms with Gasteiger partial charge in [0.15, 0.2) is 6.79 Å². The fourth-order valence-electron chi connectivity index (χ4n) is 0.995. The molecule has 0 amide bonds. The van der Waals surface area contributed by atoms with Gasteiger partial charge in [0.25, 0.3) is 0 Å². The quantitative estimate of drug-likeness (QED) is 0.719. The molecule has 0 saturated carbocycles. The van der Waals surface area contributed by atoms with E-state index in [0.29, 0.717) is 0 Å². The molecule has 72 valence electrons. The first-order valence-electron chi connectivity index (χ1n) is 4.21. The molecule has 0 aliphatic carbocycles. The van der Waals surface area contributed by atoms with E-state index in [1.54, 1.807) is 7.11 Å². The summed E-state index contributed by atoms with van der Waals surface area (Å²) in [6.45, 7) is 2.22. The Labute approximate surface area is 78.5 Å². The topological polar surface area (TPSA) is 44.5 Å². The van der Waals surface area contributed by atoms with Gasteiger partial charge in [-0.05, 0) is 24.6 Å². The predicted molar refractivity (Wildman–Crippen MR) is 51.5 cm³/mol. The second kappa shape index (κ2) is 4.84. The highest BCUT2D eigenvalue weighted by molar-refractivity contribution is 5.28. The molecule has 1 rings (SSSR count). The van der Waals surface area contributed by atoms with Crippen molar-refractivity contribution in [2.24, 2.45) is 5.73 Å². The van der Waals surface area contributed by atoms with Crippen LogP contribution in [0.3, 0.4) is 0 Å². The molecule has 1 atom stereocenters. The van der Waals surface area contributed by atoms with Gasteiger partial charge in [-0.3, -0.25) is 0 Å². The van der Waals surface area contributed by atoms with E-state index in [2.05, 4.69) is 0 Å². The lowest BCUT2D eigenvalue weighted by molar-refractivity contribution is 0.0511. The van der Waals surface area contributed by atoms with E-state index in [9.17, 15) is 0 Å². The van der Waals surface area contributed by atoms with E-state index in [-0.39, 0.29) is 12.8 Å². The van der Waals surface area contributed by atoms with Gasteiger partial charge >= 0.3 is 0 Å². The first-order valence-corrected chi connectivity index (χ1v) is 4.21. The van der Waals surface area contributed by atoms with Crippen LogP contribution in [-0.2, 0) is 4.74 Å². The van der Waals surface area contributed by atoms with E-state index in [1.807, 2.05) is 31.2 Å². The minimum atomic E-state index is 0.0662. The molecule has 0 spiro atoms. The molecular weight excluding hydrogens is 166 g/mol. The molecule has 2 N–H and O–H groups in total. The summed E-state index contributed by atoms with van der Waals surface area (Å²) in [4.78, 5) is 0. The van der Waals surface area contributed by atoms with Gasteiger partial charge in [-0.1, -0.05) is 12.1 Å². The van der Waals surface area contributed by atoms with Crippen molar-refractivity contribution in [3.05, 3.63) is 29.8 Å². The number of methoxy groups -OCH3 is 1. The van der Waals surface area contributed by atoms with Gasteiger partial charge in [-0.15, -0.1) is 0 Å². The third-order valence-electron chi connectivity index (χ3n) is 1.75. The first kappa shape index (κ1) is 10.0. The first-order chi connectivity index (χ1) is 6.24. The standard InChI is InChI=1S/C10H15NO2/c1-8(11)9-3-5-10(6-4-9)13-7-12-2/h3-6,8H,7,11H2,1-2H3. The van der Waals surface area contributed by atoms with Crippen molar-refractivity contribution < 1.29 is 9.47 Å². The summed E-state index contributed by atoms with van der Waals surface area (Å²) in [7, 11) is 1.59. The van der Waals surface area contributed by atoms with Crippen LogP contribution >= 0.6 is 0 Å². The van der Waals surface area contributed by atoms with Crippen molar-refractivity contribution in [1.82, 2.24) is 0 Å². The molecule has 1 aromatic carbocycles. The number of ether oxygens (including phenoxy) is 2. The fourth-order valence-corrected chi connectivity index (χ4v) is 0.995. The highest BCUT2D eigenvalue weighted by atomic mass is 16.7. The molecule has 13 heavy (non-hydrogen) atoms. The Kier molecular flexibility index (Phi) is 3.73. The summed E-state index contributed by atoms with van der Waals surface area (Å²) >= 11 is 0. The maximum absolute atomic E-state index is 5.70. The molecule has 1 unspecified atom stereocenters. The highest BCUT2D eigenvalue weighted by Crippen LogP contribution is 2.15. The van der Waals surface area contributed by atoms with Gasteiger partial charge in [0.1, 0.15) is 5.75 Å². The molecule has 3 nitrogen and oxygen atoms in total. The fraction of sp³-hybridized carbons (Fsp3) is 0.400. The van der Waals surface area contributed by atoms with E-state index in [1.165, 1.54) is 0 Å². The third-order valence-corrected chi connectivity index (χ3v) is 1.75.